The number of likely N-dealkylation sites (tertiary alicyclic amines) is 1. The molecule has 1 aliphatic heterocycles. The fourth-order valence-electron chi connectivity index (χ4n) is 4.71. The van der Waals surface area contributed by atoms with Crippen molar-refractivity contribution in [1.29, 1.82) is 0 Å². The Kier molecular flexibility index (Phi) is 6.57. The van der Waals surface area contributed by atoms with Gasteiger partial charge >= 0.3 is 0 Å². The number of anilines is 1. The molecule has 1 saturated carbocycles. The first-order valence-electron chi connectivity index (χ1n) is 10.3. The second-order valence-electron chi connectivity index (χ2n) is 8.46. The van der Waals surface area contributed by atoms with Crippen molar-refractivity contribution in [3.8, 4) is 0 Å². The predicted octanol–water partition coefficient (Wildman–Crippen LogP) is 4.98. The van der Waals surface area contributed by atoms with Gasteiger partial charge in [0.1, 0.15) is 0 Å². The number of benzene rings is 1. The molecule has 0 spiro atoms. The maximum absolute atomic E-state index is 5.71. The highest BCUT2D eigenvalue weighted by Crippen LogP contribution is 2.30. The van der Waals surface area contributed by atoms with Gasteiger partial charge in [0.15, 0.2) is 5.11 Å². The highest BCUT2D eigenvalue weighted by molar-refractivity contribution is 7.80. The third-order valence-corrected chi connectivity index (χ3v) is 6.91. The van der Waals surface area contributed by atoms with E-state index in [0.717, 1.165) is 35.8 Å². The van der Waals surface area contributed by atoms with Gasteiger partial charge in [-0.25, -0.2) is 0 Å². The first kappa shape index (κ1) is 19.6. The standard InChI is InChI=1S/C22H35N3S/c1-16-9-10-17(2)20(15-16)23-22(26)25-13-11-19(12-14-25)24(4)21-8-6-5-7-18(21)3/h9-10,15,18-19,21H,5-8,11-14H2,1-4H3,(H,23,26)/t18-,21-/m0/s1. The monoisotopic (exact) mass is 373 g/mol. The van der Waals surface area contributed by atoms with Crippen LogP contribution < -0.4 is 5.32 Å². The molecule has 1 saturated heterocycles. The van der Waals surface area contributed by atoms with E-state index in [-0.39, 0.29) is 0 Å². The third kappa shape index (κ3) is 4.58. The lowest BCUT2D eigenvalue weighted by atomic mass is 9.84. The van der Waals surface area contributed by atoms with Crippen LogP contribution in [0.25, 0.3) is 0 Å². The zero-order chi connectivity index (χ0) is 18.7. The molecule has 0 unspecified atom stereocenters. The summed E-state index contributed by atoms with van der Waals surface area (Å²) in [6.45, 7) is 8.83. The highest BCUT2D eigenvalue weighted by Gasteiger charge is 2.31. The van der Waals surface area contributed by atoms with Crippen LogP contribution in [0, 0.1) is 19.8 Å². The second-order valence-corrected chi connectivity index (χ2v) is 8.85. The molecular weight excluding hydrogens is 338 g/mol. The van der Waals surface area contributed by atoms with E-state index in [4.69, 9.17) is 12.2 Å². The van der Waals surface area contributed by atoms with Gasteiger partial charge in [-0.1, -0.05) is 31.9 Å². The second kappa shape index (κ2) is 8.71. The van der Waals surface area contributed by atoms with Crippen LogP contribution in [-0.2, 0) is 0 Å². The number of thiocarbonyl (C=S) groups is 1. The van der Waals surface area contributed by atoms with Gasteiger partial charge in [-0.3, -0.25) is 0 Å². The molecule has 1 N–H and O–H groups in total. The van der Waals surface area contributed by atoms with Crippen LogP contribution in [0.1, 0.15) is 56.6 Å². The van der Waals surface area contributed by atoms with Crippen LogP contribution >= 0.6 is 12.2 Å². The molecule has 3 nitrogen and oxygen atoms in total. The fraction of sp³-hybridized carbons (Fsp3) is 0.682. The SMILES string of the molecule is Cc1ccc(C)c(NC(=S)N2CCC(N(C)[C@H]3CCCC[C@@H]3C)CC2)c1. The van der Waals surface area contributed by atoms with E-state index in [0.29, 0.717) is 6.04 Å². The first-order valence-corrected chi connectivity index (χ1v) is 10.7. The summed E-state index contributed by atoms with van der Waals surface area (Å²) in [7, 11) is 2.36. The number of rotatable bonds is 3. The molecule has 1 aromatic carbocycles. The van der Waals surface area contributed by atoms with Gasteiger partial charge < -0.3 is 15.1 Å². The molecule has 1 aromatic rings. The Hall–Kier alpha value is -1.13. The smallest absolute Gasteiger partial charge is 0.173 e. The summed E-state index contributed by atoms with van der Waals surface area (Å²) < 4.78 is 0. The van der Waals surface area contributed by atoms with E-state index in [1.54, 1.807) is 0 Å². The van der Waals surface area contributed by atoms with Gasteiger partial charge in [-0.15, -0.1) is 0 Å². The van der Waals surface area contributed by atoms with E-state index >= 15 is 0 Å². The van der Waals surface area contributed by atoms with Crippen LogP contribution in [0.2, 0.25) is 0 Å². The topological polar surface area (TPSA) is 18.5 Å². The average molecular weight is 374 g/mol. The van der Waals surface area contributed by atoms with E-state index in [2.05, 4.69) is 61.1 Å². The summed E-state index contributed by atoms with van der Waals surface area (Å²) in [6, 6.07) is 7.98. The molecular formula is C22H35N3S. The summed E-state index contributed by atoms with van der Waals surface area (Å²) in [5.41, 5.74) is 3.66. The fourth-order valence-corrected chi connectivity index (χ4v) is 5.01. The molecule has 1 heterocycles. The minimum absolute atomic E-state index is 0.709. The molecule has 2 atom stereocenters. The maximum Gasteiger partial charge on any atom is 0.173 e. The van der Waals surface area contributed by atoms with E-state index < -0.39 is 0 Å². The van der Waals surface area contributed by atoms with Crippen molar-refractivity contribution < 1.29 is 0 Å². The molecule has 26 heavy (non-hydrogen) atoms. The molecule has 4 heteroatoms. The van der Waals surface area contributed by atoms with E-state index in [1.807, 2.05) is 0 Å². The lowest BCUT2D eigenvalue weighted by Crippen LogP contribution is -2.51. The Morgan fingerprint density at radius 1 is 1.12 bits per heavy atom. The van der Waals surface area contributed by atoms with Crippen LogP contribution in [0.4, 0.5) is 5.69 Å². The Balaban J connectivity index is 1.53. The molecule has 2 fully saturated rings. The zero-order valence-corrected chi connectivity index (χ0v) is 17.7. The number of hydrogen-bond acceptors (Lipinski definition) is 2. The number of piperidine rings is 1. The highest BCUT2D eigenvalue weighted by atomic mass is 32.1. The van der Waals surface area contributed by atoms with Crippen molar-refractivity contribution in [1.82, 2.24) is 9.80 Å². The van der Waals surface area contributed by atoms with Crippen LogP contribution in [-0.4, -0.2) is 47.1 Å². The third-order valence-electron chi connectivity index (χ3n) is 6.55. The van der Waals surface area contributed by atoms with Gasteiger partial charge in [-0.05, 0) is 81.9 Å². The summed E-state index contributed by atoms with van der Waals surface area (Å²) in [6.07, 6.45) is 8.04. The summed E-state index contributed by atoms with van der Waals surface area (Å²) in [4.78, 5) is 5.05. The normalized spacial score (nSPS) is 24.7. The quantitative estimate of drug-likeness (QED) is 0.753. The molecule has 0 bridgehead atoms. The lowest BCUT2D eigenvalue weighted by Gasteiger charge is -2.44. The van der Waals surface area contributed by atoms with Crippen LogP contribution in [0.15, 0.2) is 18.2 Å². The van der Waals surface area contributed by atoms with Gasteiger partial charge in [0.05, 0.1) is 0 Å². The molecule has 3 rings (SSSR count). The molecule has 2 aliphatic rings. The molecule has 0 amide bonds. The van der Waals surface area contributed by atoms with Gasteiger partial charge in [0, 0.05) is 30.9 Å². The van der Waals surface area contributed by atoms with Crippen molar-refractivity contribution in [2.75, 3.05) is 25.5 Å². The van der Waals surface area contributed by atoms with Crippen molar-refractivity contribution in [2.45, 2.75) is 71.4 Å². The largest absolute Gasteiger partial charge is 0.349 e. The van der Waals surface area contributed by atoms with Crippen molar-refractivity contribution >= 4 is 23.0 Å². The van der Waals surface area contributed by atoms with Gasteiger partial charge in [0.2, 0.25) is 0 Å². The molecule has 144 valence electrons. The molecule has 0 radical (unpaired) electrons. The first-order chi connectivity index (χ1) is 12.5. The lowest BCUT2D eigenvalue weighted by molar-refractivity contribution is 0.0691. The average Bonchev–Trinajstić information content (AvgIpc) is 2.64. The van der Waals surface area contributed by atoms with E-state index in [1.165, 1.54) is 49.7 Å². The summed E-state index contributed by atoms with van der Waals surface area (Å²) in [5.74, 6) is 0.846. The number of aryl methyl sites for hydroxylation is 2. The van der Waals surface area contributed by atoms with Crippen LogP contribution in [0.5, 0.6) is 0 Å². The predicted molar refractivity (Wildman–Crippen MR) is 116 cm³/mol. The van der Waals surface area contributed by atoms with Crippen molar-refractivity contribution in [3.05, 3.63) is 29.3 Å². The van der Waals surface area contributed by atoms with E-state index in [9.17, 15) is 0 Å². The van der Waals surface area contributed by atoms with Crippen molar-refractivity contribution in [2.24, 2.45) is 5.92 Å². The zero-order valence-electron chi connectivity index (χ0n) is 16.9. The number of hydrogen-bond donors (Lipinski definition) is 1. The minimum atomic E-state index is 0.709. The summed E-state index contributed by atoms with van der Waals surface area (Å²) >= 11 is 5.71. The minimum Gasteiger partial charge on any atom is -0.349 e. The Bertz CT molecular complexity index is 622. The number of nitrogens with zero attached hydrogens (tertiary/aromatic N) is 2. The molecule has 0 aromatic heterocycles. The number of nitrogens with one attached hydrogen (secondary N) is 1. The Morgan fingerprint density at radius 3 is 2.50 bits per heavy atom. The van der Waals surface area contributed by atoms with Gasteiger partial charge in [-0.2, -0.15) is 0 Å². The van der Waals surface area contributed by atoms with Gasteiger partial charge in [0.25, 0.3) is 0 Å². The molecule has 1 aliphatic carbocycles. The Labute approximate surface area is 165 Å². The maximum atomic E-state index is 5.71. The van der Waals surface area contributed by atoms with Crippen LogP contribution in [0.3, 0.4) is 0 Å². The Morgan fingerprint density at radius 2 is 1.81 bits per heavy atom. The van der Waals surface area contributed by atoms with Crippen molar-refractivity contribution in [3.63, 3.8) is 0 Å². The summed E-state index contributed by atoms with van der Waals surface area (Å²) in [5, 5.41) is 4.36.